The highest BCUT2D eigenvalue weighted by molar-refractivity contribution is 7.15. The summed E-state index contributed by atoms with van der Waals surface area (Å²) in [5, 5.41) is 13.7. The lowest BCUT2D eigenvalue weighted by atomic mass is 10.2. The van der Waals surface area contributed by atoms with Crippen molar-refractivity contribution in [3.8, 4) is 11.5 Å². The number of nitrogen functional groups attached to an aromatic ring is 1. The Balaban J connectivity index is 1.79. The fourth-order valence-corrected chi connectivity index (χ4v) is 3.13. The number of nitrogens with two attached hydrogens (primary N) is 1. The molecule has 0 aliphatic heterocycles. The van der Waals surface area contributed by atoms with Crippen LogP contribution in [0.1, 0.15) is 33.3 Å². The molecule has 0 aliphatic carbocycles. The zero-order valence-corrected chi connectivity index (χ0v) is 14.4. The molecular formula is C13H13N7O2S2. The van der Waals surface area contributed by atoms with E-state index in [1.807, 2.05) is 6.92 Å². The third-order valence-corrected chi connectivity index (χ3v) is 4.79. The van der Waals surface area contributed by atoms with Gasteiger partial charge in [0.05, 0.1) is 11.0 Å². The average Bonchev–Trinajstić information content (AvgIpc) is 3.15. The summed E-state index contributed by atoms with van der Waals surface area (Å²) < 4.78 is 0. The number of amides is 1. The largest absolute Gasteiger partial charge is 0.374 e. The number of hydrogen-bond donors (Lipinski definition) is 3. The van der Waals surface area contributed by atoms with E-state index in [1.54, 1.807) is 12.3 Å². The van der Waals surface area contributed by atoms with Crippen molar-refractivity contribution in [2.75, 3.05) is 5.73 Å². The van der Waals surface area contributed by atoms with Crippen LogP contribution in [0.2, 0.25) is 0 Å². The molecule has 11 heteroatoms. The molecule has 0 radical (unpaired) electrons. The number of aromatic amines is 1. The first-order chi connectivity index (χ1) is 11.4. The van der Waals surface area contributed by atoms with Gasteiger partial charge in [-0.05, 0) is 13.8 Å². The van der Waals surface area contributed by atoms with Crippen molar-refractivity contribution < 1.29 is 4.79 Å². The summed E-state index contributed by atoms with van der Waals surface area (Å²) in [5.74, 6) is -0.225. The van der Waals surface area contributed by atoms with E-state index in [4.69, 9.17) is 5.73 Å². The van der Waals surface area contributed by atoms with E-state index in [9.17, 15) is 9.59 Å². The van der Waals surface area contributed by atoms with Crippen LogP contribution in [0, 0.1) is 6.92 Å². The van der Waals surface area contributed by atoms with E-state index in [0.29, 0.717) is 21.7 Å². The summed E-state index contributed by atoms with van der Waals surface area (Å²) >= 11 is 2.62. The number of carbonyl (C=O) groups is 1. The third-order valence-electron chi connectivity index (χ3n) is 3.08. The predicted molar refractivity (Wildman–Crippen MR) is 90.9 cm³/mol. The summed E-state index contributed by atoms with van der Waals surface area (Å²) in [5.41, 5.74) is 5.46. The van der Waals surface area contributed by atoms with E-state index in [1.165, 1.54) is 28.9 Å². The maximum atomic E-state index is 12.2. The minimum atomic E-state index is -0.550. The van der Waals surface area contributed by atoms with Crippen LogP contribution in [0.5, 0.6) is 0 Å². The first-order valence-electron chi connectivity index (χ1n) is 6.85. The molecule has 1 atom stereocenters. The molecule has 0 bridgehead atoms. The Kier molecular flexibility index (Phi) is 4.36. The molecule has 0 aromatic carbocycles. The van der Waals surface area contributed by atoms with Crippen LogP contribution in [0.3, 0.4) is 0 Å². The summed E-state index contributed by atoms with van der Waals surface area (Å²) in [6.07, 6.45) is 1.24. The number of nitrogens with zero attached hydrogens (tertiary/aromatic N) is 4. The van der Waals surface area contributed by atoms with Gasteiger partial charge in [0, 0.05) is 11.6 Å². The molecule has 124 valence electrons. The van der Waals surface area contributed by atoms with Gasteiger partial charge in [0.2, 0.25) is 5.13 Å². The van der Waals surface area contributed by atoms with E-state index >= 15 is 0 Å². The number of carbonyl (C=O) groups excluding carboxylic acids is 1. The van der Waals surface area contributed by atoms with Crippen molar-refractivity contribution in [3.05, 3.63) is 37.5 Å². The Bertz CT molecular complexity index is 946. The lowest BCUT2D eigenvalue weighted by Crippen LogP contribution is -2.32. The van der Waals surface area contributed by atoms with Crippen molar-refractivity contribution in [1.29, 1.82) is 0 Å². The lowest BCUT2D eigenvalue weighted by Gasteiger charge is -2.10. The summed E-state index contributed by atoms with van der Waals surface area (Å²) in [7, 11) is 0. The molecule has 0 spiro atoms. The molecule has 0 saturated carbocycles. The maximum absolute atomic E-state index is 12.2. The minimum Gasteiger partial charge on any atom is -0.374 e. The van der Waals surface area contributed by atoms with Crippen molar-refractivity contribution in [2.45, 2.75) is 19.9 Å². The molecule has 1 amide bonds. The smallest absolute Gasteiger partial charge is 0.264 e. The Labute approximate surface area is 144 Å². The van der Waals surface area contributed by atoms with E-state index < -0.39 is 17.5 Å². The summed E-state index contributed by atoms with van der Waals surface area (Å²) in [6.45, 7) is 3.58. The molecule has 0 fully saturated rings. The SMILES string of the molecule is Cc1nc(-c2ncc(C(=O)N[C@@H](C)c3nnc(N)s3)c(=O)[nH]2)cs1. The van der Waals surface area contributed by atoms with Crippen molar-refractivity contribution in [2.24, 2.45) is 0 Å². The number of hydrogen-bond acceptors (Lipinski definition) is 9. The zero-order valence-electron chi connectivity index (χ0n) is 12.7. The van der Waals surface area contributed by atoms with Gasteiger partial charge >= 0.3 is 0 Å². The van der Waals surface area contributed by atoms with Gasteiger partial charge in [0.15, 0.2) is 5.82 Å². The second kappa shape index (κ2) is 6.45. The van der Waals surface area contributed by atoms with Crippen LogP contribution in [-0.4, -0.2) is 31.1 Å². The first kappa shape index (κ1) is 16.2. The van der Waals surface area contributed by atoms with Gasteiger partial charge in [-0.3, -0.25) is 9.59 Å². The molecule has 4 N–H and O–H groups in total. The van der Waals surface area contributed by atoms with Crippen LogP contribution < -0.4 is 16.6 Å². The number of nitrogens with one attached hydrogen (secondary N) is 2. The van der Waals surface area contributed by atoms with Gasteiger partial charge in [-0.15, -0.1) is 21.5 Å². The van der Waals surface area contributed by atoms with Gasteiger partial charge in [0.25, 0.3) is 11.5 Å². The van der Waals surface area contributed by atoms with Crippen LogP contribution in [0.15, 0.2) is 16.4 Å². The predicted octanol–water partition coefficient (Wildman–Crippen LogP) is 1.13. The Morgan fingerprint density at radius 1 is 1.42 bits per heavy atom. The monoisotopic (exact) mass is 363 g/mol. The number of thiazole rings is 1. The number of H-pyrrole nitrogens is 1. The molecule has 0 saturated heterocycles. The van der Waals surface area contributed by atoms with Gasteiger partial charge in [-0.25, -0.2) is 9.97 Å². The van der Waals surface area contributed by atoms with Crippen LogP contribution in [0.4, 0.5) is 5.13 Å². The highest BCUT2D eigenvalue weighted by Gasteiger charge is 2.18. The molecule has 3 aromatic heterocycles. The highest BCUT2D eigenvalue weighted by atomic mass is 32.1. The number of aromatic nitrogens is 5. The Hall–Kier alpha value is -2.66. The Morgan fingerprint density at radius 2 is 2.21 bits per heavy atom. The van der Waals surface area contributed by atoms with Crippen LogP contribution in [-0.2, 0) is 0 Å². The molecular weight excluding hydrogens is 350 g/mol. The summed E-state index contributed by atoms with van der Waals surface area (Å²) in [6, 6.07) is -0.424. The number of aryl methyl sites for hydroxylation is 1. The fourth-order valence-electron chi connectivity index (χ4n) is 1.92. The second-order valence-electron chi connectivity index (χ2n) is 4.90. The quantitative estimate of drug-likeness (QED) is 0.631. The second-order valence-corrected chi connectivity index (χ2v) is 7.00. The van der Waals surface area contributed by atoms with Crippen LogP contribution in [0.25, 0.3) is 11.5 Å². The van der Waals surface area contributed by atoms with Gasteiger partial charge in [-0.1, -0.05) is 11.3 Å². The lowest BCUT2D eigenvalue weighted by molar-refractivity contribution is 0.0938. The van der Waals surface area contributed by atoms with Gasteiger partial charge in [0.1, 0.15) is 16.3 Å². The van der Waals surface area contributed by atoms with Crippen LogP contribution >= 0.6 is 22.7 Å². The first-order valence-corrected chi connectivity index (χ1v) is 8.55. The molecule has 24 heavy (non-hydrogen) atoms. The van der Waals surface area contributed by atoms with Gasteiger partial charge < -0.3 is 16.0 Å². The van der Waals surface area contributed by atoms with Crippen molar-refractivity contribution in [1.82, 2.24) is 30.5 Å². The Morgan fingerprint density at radius 3 is 2.79 bits per heavy atom. The molecule has 9 nitrogen and oxygen atoms in total. The normalized spacial score (nSPS) is 12.1. The van der Waals surface area contributed by atoms with Crippen molar-refractivity contribution in [3.63, 3.8) is 0 Å². The van der Waals surface area contributed by atoms with E-state index in [0.717, 1.165) is 5.01 Å². The van der Waals surface area contributed by atoms with E-state index in [2.05, 4.69) is 30.5 Å². The molecule has 3 aromatic rings. The number of rotatable bonds is 4. The molecule has 3 heterocycles. The molecule has 0 unspecified atom stereocenters. The minimum absolute atomic E-state index is 0.0879. The third kappa shape index (κ3) is 3.31. The fraction of sp³-hybridized carbons (Fsp3) is 0.231. The average molecular weight is 363 g/mol. The van der Waals surface area contributed by atoms with E-state index in [-0.39, 0.29) is 5.56 Å². The van der Waals surface area contributed by atoms with Gasteiger partial charge in [-0.2, -0.15) is 0 Å². The molecule has 3 rings (SSSR count). The molecule has 0 aliphatic rings. The summed E-state index contributed by atoms with van der Waals surface area (Å²) in [4.78, 5) is 35.3. The van der Waals surface area contributed by atoms with Crippen molar-refractivity contribution >= 4 is 33.7 Å². The topological polar surface area (TPSA) is 140 Å². The maximum Gasteiger partial charge on any atom is 0.264 e. The highest BCUT2D eigenvalue weighted by Crippen LogP contribution is 2.19. The zero-order chi connectivity index (χ0) is 17.3. The standard InChI is InChI=1S/C13H13N7O2S2/c1-5(12-19-20-13(14)24-12)16-10(21)7-3-15-9(18-11(7)22)8-4-23-6(2)17-8/h3-5H,1-2H3,(H2,14,20)(H,16,21)(H,15,18,22)/t5-/m0/s1. The number of anilines is 1.